The second kappa shape index (κ2) is 11.3. The predicted molar refractivity (Wildman–Crippen MR) is 143 cm³/mol. The lowest BCUT2D eigenvalue weighted by molar-refractivity contribution is 0.0425. The van der Waals surface area contributed by atoms with Crippen molar-refractivity contribution in [3.8, 4) is 11.9 Å². The van der Waals surface area contributed by atoms with Gasteiger partial charge in [0.05, 0.1) is 22.9 Å². The first kappa shape index (κ1) is 26.0. The topological polar surface area (TPSA) is 75.5 Å². The van der Waals surface area contributed by atoms with Crippen molar-refractivity contribution in [3.63, 3.8) is 0 Å². The number of aliphatic imine (C=N–C) groups is 1. The quantitative estimate of drug-likeness (QED) is 0.305. The number of dihydropyridines is 1. The van der Waals surface area contributed by atoms with Gasteiger partial charge in [0.1, 0.15) is 0 Å². The predicted octanol–water partition coefficient (Wildman–Crippen LogP) is 6.93. The maximum Gasteiger partial charge on any atom is 0.217 e. The highest BCUT2D eigenvalue weighted by Crippen LogP contribution is 2.38. The number of nitrogens with zero attached hydrogens (tertiary/aromatic N) is 4. The summed E-state index contributed by atoms with van der Waals surface area (Å²) in [7, 11) is 0. The lowest BCUT2D eigenvalue weighted by Crippen LogP contribution is -2.20. The maximum atomic E-state index is 10.9. The van der Waals surface area contributed by atoms with Gasteiger partial charge in [0.25, 0.3) is 0 Å². The summed E-state index contributed by atoms with van der Waals surface area (Å²) in [5.74, 6) is 0.119. The van der Waals surface area contributed by atoms with Crippen LogP contribution in [0.4, 0.5) is 0 Å². The molecule has 0 saturated carbocycles. The van der Waals surface area contributed by atoms with Crippen LogP contribution in [0.15, 0.2) is 43.4 Å². The first-order valence-corrected chi connectivity index (χ1v) is 13.2. The molecule has 1 aromatic heterocycles. The molecular weight excluding hydrogens is 503 g/mol. The van der Waals surface area contributed by atoms with E-state index in [1.807, 2.05) is 24.6 Å². The molecule has 35 heavy (non-hydrogen) atoms. The van der Waals surface area contributed by atoms with E-state index in [1.165, 1.54) is 11.1 Å². The van der Waals surface area contributed by atoms with E-state index >= 15 is 0 Å². The van der Waals surface area contributed by atoms with Crippen LogP contribution in [-0.2, 0) is 11.3 Å². The Kier molecular flexibility index (Phi) is 8.38. The lowest BCUT2D eigenvalue weighted by atomic mass is 9.89. The SMILES string of the molecule is CC1=C(n2c(O)c(C)n(CCCOC3CCC(C4=CC=NCC4)=C(Cl)C3)c2=S)CCC(C#N)=C1Cl. The molecule has 0 amide bonds. The molecule has 1 atom stereocenters. The monoisotopic (exact) mass is 532 g/mol. The third-order valence-corrected chi connectivity index (χ3v) is 8.31. The third kappa shape index (κ3) is 5.36. The Morgan fingerprint density at radius 3 is 2.74 bits per heavy atom. The van der Waals surface area contributed by atoms with Gasteiger partial charge >= 0.3 is 0 Å². The zero-order valence-corrected chi connectivity index (χ0v) is 22.4. The van der Waals surface area contributed by atoms with Crippen molar-refractivity contribution in [2.45, 2.75) is 71.4 Å². The van der Waals surface area contributed by atoms with E-state index in [2.05, 4.69) is 17.1 Å². The molecule has 0 bridgehead atoms. The fourth-order valence-electron chi connectivity index (χ4n) is 4.97. The number of ether oxygens (including phenoxy) is 1. The molecule has 0 spiro atoms. The molecule has 3 aliphatic rings. The Morgan fingerprint density at radius 1 is 1.26 bits per heavy atom. The van der Waals surface area contributed by atoms with Crippen molar-refractivity contribution < 1.29 is 9.84 Å². The normalized spacial score (nSPS) is 21.0. The van der Waals surface area contributed by atoms with Gasteiger partial charge in [-0.3, -0.25) is 9.56 Å². The van der Waals surface area contributed by atoms with Crippen molar-refractivity contribution in [1.29, 1.82) is 5.26 Å². The van der Waals surface area contributed by atoms with Crippen LogP contribution in [0.25, 0.3) is 5.70 Å². The maximum absolute atomic E-state index is 10.9. The summed E-state index contributed by atoms with van der Waals surface area (Å²) < 4.78 is 10.3. The Morgan fingerprint density at radius 2 is 2.06 bits per heavy atom. The molecule has 0 aromatic carbocycles. The molecule has 0 saturated heterocycles. The molecule has 4 rings (SSSR count). The van der Waals surface area contributed by atoms with Crippen LogP contribution in [-0.4, -0.2) is 39.7 Å². The number of aromatic hydroxyl groups is 1. The number of imidazole rings is 1. The van der Waals surface area contributed by atoms with E-state index in [9.17, 15) is 10.4 Å². The molecule has 0 radical (unpaired) electrons. The Balaban J connectivity index is 1.38. The van der Waals surface area contributed by atoms with Gasteiger partial charge in [0.15, 0.2) is 4.77 Å². The average molecular weight is 534 g/mol. The van der Waals surface area contributed by atoms with Gasteiger partial charge in [0.2, 0.25) is 5.88 Å². The fraction of sp³-hybridized carbons (Fsp3) is 0.500. The summed E-state index contributed by atoms with van der Waals surface area (Å²) in [6.45, 7) is 5.79. The number of hydrogen-bond donors (Lipinski definition) is 1. The first-order valence-electron chi connectivity index (χ1n) is 12.0. The summed E-state index contributed by atoms with van der Waals surface area (Å²) in [6, 6.07) is 2.16. The minimum atomic E-state index is 0.119. The summed E-state index contributed by atoms with van der Waals surface area (Å²) in [4.78, 5) is 4.26. The van der Waals surface area contributed by atoms with Crippen molar-refractivity contribution in [2.24, 2.45) is 4.99 Å². The summed E-state index contributed by atoms with van der Waals surface area (Å²) in [5.41, 5.74) is 5.47. The standard InChI is InChI=1S/C26H30Cl2N4O2S/c1-16-23(7-4-19(15-29)24(16)28)32-25(33)17(2)31(26(32)35)12-3-13-34-20-5-6-21(22(27)14-20)18-8-10-30-11-9-18/h8,10,20,33H,3-7,9,11-14H2,1-2H3. The fourth-order valence-corrected chi connectivity index (χ4v) is 6.03. The van der Waals surface area contributed by atoms with Crippen LogP contribution in [0.5, 0.6) is 5.88 Å². The molecular formula is C26H30Cl2N4O2S. The van der Waals surface area contributed by atoms with E-state index in [0.717, 1.165) is 55.0 Å². The zero-order chi connectivity index (χ0) is 25.1. The van der Waals surface area contributed by atoms with Crippen LogP contribution < -0.4 is 0 Å². The first-order chi connectivity index (χ1) is 16.8. The largest absolute Gasteiger partial charge is 0.493 e. The number of rotatable bonds is 7. The van der Waals surface area contributed by atoms with Gasteiger partial charge in [-0.05, 0) is 87.4 Å². The van der Waals surface area contributed by atoms with E-state index in [4.69, 9.17) is 40.2 Å². The Labute approximate surface area is 221 Å². The van der Waals surface area contributed by atoms with Crippen LogP contribution in [0.1, 0.15) is 57.6 Å². The van der Waals surface area contributed by atoms with Gasteiger partial charge in [-0.1, -0.05) is 23.2 Å². The molecule has 2 heterocycles. The number of nitriles is 1. The number of halogens is 2. The van der Waals surface area contributed by atoms with Gasteiger partial charge in [-0.25, -0.2) is 0 Å². The lowest BCUT2D eigenvalue weighted by Gasteiger charge is -2.26. The highest BCUT2D eigenvalue weighted by molar-refractivity contribution is 7.71. The molecule has 0 fully saturated rings. The van der Waals surface area contributed by atoms with Gasteiger partial charge in [-0.2, -0.15) is 5.26 Å². The zero-order valence-electron chi connectivity index (χ0n) is 20.1. The summed E-state index contributed by atoms with van der Waals surface area (Å²) >= 11 is 18.7. The molecule has 186 valence electrons. The average Bonchev–Trinajstić information content (AvgIpc) is 3.07. The molecule has 2 aliphatic carbocycles. The second-order valence-corrected chi connectivity index (χ2v) is 10.3. The molecule has 1 aliphatic heterocycles. The van der Waals surface area contributed by atoms with Gasteiger partial charge in [-0.15, -0.1) is 0 Å². The Bertz CT molecular complexity index is 1270. The Hall–Kier alpha value is -2.11. The highest BCUT2D eigenvalue weighted by atomic mass is 35.5. The minimum Gasteiger partial charge on any atom is -0.493 e. The van der Waals surface area contributed by atoms with E-state index in [0.29, 0.717) is 47.1 Å². The summed E-state index contributed by atoms with van der Waals surface area (Å²) in [6.07, 6.45) is 9.56. The van der Waals surface area contributed by atoms with E-state index < -0.39 is 0 Å². The number of hydrogen-bond acceptors (Lipinski definition) is 5. The minimum absolute atomic E-state index is 0.119. The van der Waals surface area contributed by atoms with Crippen LogP contribution in [0.3, 0.4) is 0 Å². The smallest absolute Gasteiger partial charge is 0.217 e. The third-order valence-electron chi connectivity index (χ3n) is 7.02. The molecule has 9 heteroatoms. The van der Waals surface area contributed by atoms with E-state index in [-0.39, 0.29) is 12.0 Å². The van der Waals surface area contributed by atoms with Crippen LogP contribution >= 0.6 is 35.4 Å². The van der Waals surface area contributed by atoms with E-state index in [1.54, 1.807) is 4.57 Å². The van der Waals surface area contributed by atoms with Crippen LogP contribution in [0, 0.1) is 23.0 Å². The molecule has 1 unspecified atom stereocenters. The molecule has 1 N–H and O–H groups in total. The van der Waals surface area contributed by atoms with Crippen molar-refractivity contribution >= 4 is 47.3 Å². The number of allylic oxidation sites excluding steroid dienone is 6. The van der Waals surface area contributed by atoms with Gasteiger partial charge < -0.3 is 14.4 Å². The molecule has 6 nitrogen and oxygen atoms in total. The molecule has 1 aromatic rings. The van der Waals surface area contributed by atoms with Crippen molar-refractivity contribution in [2.75, 3.05) is 13.2 Å². The van der Waals surface area contributed by atoms with Gasteiger partial charge in [0, 0.05) is 48.6 Å². The van der Waals surface area contributed by atoms with Crippen molar-refractivity contribution in [3.05, 3.63) is 48.9 Å². The second-order valence-electron chi connectivity index (χ2n) is 9.12. The van der Waals surface area contributed by atoms with Crippen LogP contribution in [0.2, 0.25) is 0 Å². The highest BCUT2D eigenvalue weighted by Gasteiger charge is 2.25. The summed E-state index contributed by atoms with van der Waals surface area (Å²) in [5, 5.41) is 21.5. The van der Waals surface area contributed by atoms with Crippen molar-refractivity contribution in [1.82, 2.24) is 9.13 Å². The number of aromatic nitrogens is 2.